The van der Waals surface area contributed by atoms with E-state index in [1.807, 2.05) is 0 Å². The van der Waals surface area contributed by atoms with Crippen molar-refractivity contribution in [1.82, 2.24) is 10.2 Å². The SMILES string of the molecule is C=CCC(NC(=O)N1CCC(CO)C1)C(=O)O. The van der Waals surface area contributed by atoms with Gasteiger partial charge in [0.2, 0.25) is 0 Å². The Morgan fingerprint density at radius 1 is 1.59 bits per heavy atom. The summed E-state index contributed by atoms with van der Waals surface area (Å²) in [6.07, 6.45) is 2.40. The highest BCUT2D eigenvalue weighted by Crippen LogP contribution is 2.15. The highest BCUT2D eigenvalue weighted by atomic mass is 16.4. The average molecular weight is 242 g/mol. The molecule has 0 spiro atoms. The van der Waals surface area contributed by atoms with Crippen LogP contribution in [0, 0.1) is 5.92 Å². The molecule has 0 aliphatic carbocycles. The quantitative estimate of drug-likeness (QED) is 0.594. The molecule has 1 saturated heterocycles. The van der Waals surface area contributed by atoms with Crippen LogP contribution in [0.2, 0.25) is 0 Å². The maximum atomic E-state index is 11.7. The fraction of sp³-hybridized carbons (Fsp3) is 0.636. The molecule has 1 aliphatic heterocycles. The molecule has 6 nitrogen and oxygen atoms in total. The Morgan fingerprint density at radius 3 is 2.76 bits per heavy atom. The first-order valence-corrected chi connectivity index (χ1v) is 5.58. The van der Waals surface area contributed by atoms with Crippen molar-refractivity contribution in [1.29, 1.82) is 0 Å². The maximum absolute atomic E-state index is 11.7. The first-order chi connectivity index (χ1) is 8.08. The molecule has 0 saturated carbocycles. The van der Waals surface area contributed by atoms with Gasteiger partial charge >= 0.3 is 12.0 Å². The zero-order chi connectivity index (χ0) is 12.8. The lowest BCUT2D eigenvalue weighted by atomic mass is 10.1. The Balaban J connectivity index is 2.47. The summed E-state index contributed by atoms with van der Waals surface area (Å²) in [5.41, 5.74) is 0. The summed E-state index contributed by atoms with van der Waals surface area (Å²) in [6.45, 7) is 4.53. The number of aliphatic hydroxyl groups excluding tert-OH is 1. The van der Waals surface area contributed by atoms with E-state index in [-0.39, 0.29) is 18.9 Å². The molecule has 1 fully saturated rings. The number of amides is 2. The molecule has 2 unspecified atom stereocenters. The molecular formula is C11H18N2O4. The van der Waals surface area contributed by atoms with E-state index in [1.165, 1.54) is 11.0 Å². The highest BCUT2D eigenvalue weighted by molar-refractivity contribution is 5.82. The Hall–Kier alpha value is -1.56. The lowest BCUT2D eigenvalue weighted by Crippen LogP contribution is -2.47. The van der Waals surface area contributed by atoms with Gasteiger partial charge in [0.15, 0.2) is 0 Å². The van der Waals surface area contributed by atoms with Gasteiger partial charge in [0.05, 0.1) is 0 Å². The third kappa shape index (κ3) is 3.74. The van der Waals surface area contributed by atoms with Crippen molar-refractivity contribution in [2.45, 2.75) is 18.9 Å². The lowest BCUT2D eigenvalue weighted by Gasteiger charge is -2.20. The molecule has 3 N–H and O–H groups in total. The van der Waals surface area contributed by atoms with Gasteiger partial charge in [0.1, 0.15) is 6.04 Å². The zero-order valence-electron chi connectivity index (χ0n) is 9.63. The molecule has 0 bridgehead atoms. The summed E-state index contributed by atoms with van der Waals surface area (Å²) in [6, 6.07) is -1.33. The normalized spacial score (nSPS) is 21.0. The van der Waals surface area contributed by atoms with Crippen LogP contribution in [0.3, 0.4) is 0 Å². The number of hydrogen-bond donors (Lipinski definition) is 3. The van der Waals surface area contributed by atoms with Gasteiger partial charge < -0.3 is 20.4 Å². The molecule has 2 atom stereocenters. The Morgan fingerprint density at radius 2 is 2.29 bits per heavy atom. The van der Waals surface area contributed by atoms with Crippen LogP contribution in [0.5, 0.6) is 0 Å². The highest BCUT2D eigenvalue weighted by Gasteiger charge is 2.28. The van der Waals surface area contributed by atoms with Gasteiger partial charge in [-0.25, -0.2) is 9.59 Å². The molecule has 0 radical (unpaired) electrons. The number of carbonyl (C=O) groups excluding carboxylic acids is 1. The largest absolute Gasteiger partial charge is 0.480 e. The van der Waals surface area contributed by atoms with Gasteiger partial charge in [-0.2, -0.15) is 0 Å². The van der Waals surface area contributed by atoms with Crippen molar-refractivity contribution < 1.29 is 19.8 Å². The number of likely N-dealkylation sites (tertiary alicyclic amines) is 1. The van der Waals surface area contributed by atoms with Gasteiger partial charge in [-0.05, 0) is 12.8 Å². The van der Waals surface area contributed by atoms with Crippen molar-refractivity contribution in [3.05, 3.63) is 12.7 Å². The maximum Gasteiger partial charge on any atom is 0.326 e. The molecule has 0 aromatic rings. The van der Waals surface area contributed by atoms with Crippen LogP contribution >= 0.6 is 0 Å². The fourth-order valence-electron chi connectivity index (χ4n) is 1.79. The summed E-state index contributed by atoms with van der Waals surface area (Å²) in [7, 11) is 0. The smallest absolute Gasteiger partial charge is 0.326 e. The standard InChI is InChI=1S/C11H18N2O4/c1-2-3-9(10(15)16)12-11(17)13-5-4-8(6-13)7-14/h2,8-9,14H,1,3-7H2,(H,12,17)(H,15,16). The predicted molar refractivity (Wildman–Crippen MR) is 61.5 cm³/mol. The number of nitrogens with zero attached hydrogens (tertiary/aromatic N) is 1. The minimum Gasteiger partial charge on any atom is -0.480 e. The van der Waals surface area contributed by atoms with Gasteiger partial charge in [-0.1, -0.05) is 6.08 Å². The topological polar surface area (TPSA) is 89.9 Å². The second-order valence-corrected chi connectivity index (χ2v) is 4.15. The van der Waals surface area contributed by atoms with E-state index in [0.29, 0.717) is 13.1 Å². The predicted octanol–water partition coefficient (Wildman–Crippen LogP) is 0.0395. The number of nitrogens with one attached hydrogen (secondary N) is 1. The third-order valence-electron chi connectivity index (χ3n) is 2.83. The van der Waals surface area contributed by atoms with Crippen molar-refractivity contribution in [2.24, 2.45) is 5.92 Å². The minimum absolute atomic E-state index is 0.0544. The number of carboxylic acid groups (broad SMARTS) is 1. The summed E-state index contributed by atoms with van der Waals surface area (Å²) < 4.78 is 0. The number of rotatable bonds is 5. The van der Waals surface area contributed by atoms with E-state index in [4.69, 9.17) is 10.2 Å². The van der Waals surface area contributed by atoms with Crippen LogP contribution < -0.4 is 5.32 Å². The van der Waals surface area contributed by atoms with E-state index in [0.717, 1.165) is 6.42 Å². The third-order valence-corrected chi connectivity index (χ3v) is 2.83. The Kier molecular flexibility index (Phi) is 4.96. The van der Waals surface area contributed by atoms with Crippen molar-refractivity contribution in [2.75, 3.05) is 19.7 Å². The second kappa shape index (κ2) is 6.24. The van der Waals surface area contributed by atoms with Gasteiger partial charge in [-0.3, -0.25) is 0 Å². The van der Waals surface area contributed by atoms with Gasteiger partial charge in [0, 0.05) is 25.6 Å². The van der Waals surface area contributed by atoms with E-state index < -0.39 is 18.0 Å². The molecular weight excluding hydrogens is 224 g/mol. The average Bonchev–Trinajstić information content (AvgIpc) is 2.76. The van der Waals surface area contributed by atoms with E-state index >= 15 is 0 Å². The Bertz CT molecular complexity index is 306. The molecule has 1 aliphatic rings. The molecule has 0 aromatic heterocycles. The summed E-state index contributed by atoms with van der Waals surface area (Å²) in [4.78, 5) is 24.1. The first kappa shape index (κ1) is 13.5. The summed E-state index contributed by atoms with van der Waals surface area (Å²) >= 11 is 0. The van der Waals surface area contributed by atoms with Crippen LogP contribution in [0.1, 0.15) is 12.8 Å². The van der Waals surface area contributed by atoms with Gasteiger partial charge in [-0.15, -0.1) is 6.58 Å². The zero-order valence-corrected chi connectivity index (χ0v) is 9.63. The van der Waals surface area contributed by atoms with Gasteiger partial charge in [0.25, 0.3) is 0 Å². The van der Waals surface area contributed by atoms with E-state index in [2.05, 4.69) is 11.9 Å². The summed E-state index contributed by atoms with van der Waals surface area (Å²) in [5.74, 6) is -0.973. The van der Waals surface area contributed by atoms with Crippen molar-refractivity contribution in [3.8, 4) is 0 Å². The number of hydrogen-bond acceptors (Lipinski definition) is 3. The molecule has 0 aromatic carbocycles. The molecule has 1 heterocycles. The second-order valence-electron chi connectivity index (χ2n) is 4.15. The first-order valence-electron chi connectivity index (χ1n) is 5.58. The number of carboxylic acids is 1. The molecule has 17 heavy (non-hydrogen) atoms. The summed E-state index contributed by atoms with van der Waals surface area (Å²) in [5, 5.41) is 20.3. The Labute approximate surface area is 99.9 Å². The van der Waals surface area contributed by atoms with E-state index in [9.17, 15) is 9.59 Å². The van der Waals surface area contributed by atoms with Crippen LogP contribution in [-0.2, 0) is 4.79 Å². The minimum atomic E-state index is -1.07. The monoisotopic (exact) mass is 242 g/mol. The molecule has 96 valence electrons. The molecule has 2 amide bonds. The van der Waals surface area contributed by atoms with Crippen LogP contribution in [-0.4, -0.2) is 52.9 Å². The van der Waals surface area contributed by atoms with Crippen molar-refractivity contribution >= 4 is 12.0 Å². The molecule has 1 rings (SSSR count). The fourth-order valence-corrected chi connectivity index (χ4v) is 1.79. The number of urea groups is 1. The number of aliphatic carboxylic acids is 1. The van der Waals surface area contributed by atoms with Crippen LogP contribution in [0.25, 0.3) is 0 Å². The van der Waals surface area contributed by atoms with Crippen LogP contribution in [0.4, 0.5) is 4.79 Å². The lowest BCUT2D eigenvalue weighted by molar-refractivity contribution is -0.139. The number of carbonyl (C=O) groups is 2. The van der Waals surface area contributed by atoms with Crippen molar-refractivity contribution in [3.63, 3.8) is 0 Å². The number of aliphatic hydroxyl groups is 1. The van der Waals surface area contributed by atoms with E-state index in [1.54, 1.807) is 0 Å². The molecule has 6 heteroatoms. The van der Waals surface area contributed by atoms with Crippen LogP contribution in [0.15, 0.2) is 12.7 Å².